The van der Waals surface area contributed by atoms with Crippen LogP contribution in [0.2, 0.25) is 0 Å². The van der Waals surface area contributed by atoms with Crippen molar-refractivity contribution >= 4 is 28.7 Å². The molecule has 23 heavy (non-hydrogen) atoms. The van der Waals surface area contributed by atoms with E-state index in [0.717, 1.165) is 17.2 Å². The van der Waals surface area contributed by atoms with Gasteiger partial charge in [0.15, 0.2) is 0 Å². The molecular weight excluding hydrogens is 316 g/mol. The Balaban J connectivity index is 1.59. The number of hydrogen-bond donors (Lipinski definition) is 2. The number of benzene rings is 1. The number of aromatic nitrogens is 3. The topological polar surface area (TPSA) is 97.1 Å². The lowest BCUT2D eigenvalue weighted by molar-refractivity contribution is 0.0903. The molecule has 0 saturated carbocycles. The number of aliphatic hydroxyl groups is 1. The van der Waals surface area contributed by atoms with Crippen molar-refractivity contribution in [3.05, 3.63) is 58.5 Å². The van der Waals surface area contributed by atoms with Crippen LogP contribution in [0.5, 0.6) is 0 Å². The van der Waals surface area contributed by atoms with Crippen molar-refractivity contribution in [2.24, 2.45) is 0 Å². The van der Waals surface area contributed by atoms with Gasteiger partial charge in [0.1, 0.15) is 11.0 Å². The number of carbonyl (C=O) groups is 1. The number of nitrogens with zero attached hydrogens (tertiary/aromatic N) is 3. The Labute approximate surface area is 135 Å². The van der Waals surface area contributed by atoms with Gasteiger partial charge >= 0.3 is 0 Å². The van der Waals surface area contributed by atoms with Crippen LogP contribution in [0.25, 0.3) is 11.0 Å². The number of carbonyl (C=O) groups excluding carboxylic acids is 1. The highest BCUT2D eigenvalue weighted by molar-refractivity contribution is 7.00. The third kappa shape index (κ3) is 3.61. The van der Waals surface area contributed by atoms with Gasteiger partial charge in [-0.15, -0.1) is 0 Å². The molecule has 0 aliphatic heterocycles. The number of pyridine rings is 1. The third-order valence-electron chi connectivity index (χ3n) is 3.32. The second kappa shape index (κ2) is 6.67. The number of amides is 1. The van der Waals surface area contributed by atoms with E-state index in [4.69, 9.17) is 0 Å². The molecule has 3 rings (SSSR count). The highest BCUT2D eigenvalue weighted by atomic mass is 32.1. The predicted octanol–water partition coefficient (Wildman–Crippen LogP) is 0.644. The van der Waals surface area contributed by atoms with Crippen molar-refractivity contribution in [3.8, 4) is 0 Å². The summed E-state index contributed by atoms with van der Waals surface area (Å²) in [6.07, 6.45) is 0.736. The summed E-state index contributed by atoms with van der Waals surface area (Å²) in [6, 6.07) is 9.81. The van der Waals surface area contributed by atoms with Crippen LogP contribution >= 0.6 is 11.7 Å². The van der Waals surface area contributed by atoms with Gasteiger partial charge in [-0.2, -0.15) is 8.75 Å². The molecular formula is C15H14N4O3S. The van der Waals surface area contributed by atoms with E-state index in [9.17, 15) is 14.7 Å². The Morgan fingerprint density at radius 1 is 1.26 bits per heavy atom. The number of nitrogens with one attached hydrogen (secondary N) is 1. The van der Waals surface area contributed by atoms with E-state index in [2.05, 4.69) is 14.1 Å². The van der Waals surface area contributed by atoms with Crippen LogP contribution in [-0.2, 0) is 6.54 Å². The van der Waals surface area contributed by atoms with Crippen molar-refractivity contribution in [1.29, 1.82) is 0 Å². The zero-order valence-corrected chi connectivity index (χ0v) is 12.9. The van der Waals surface area contributed by atoms with Gasteiger partial charge in [-0.25, -0.2) is 0 Å². The molecule has 118 valence electrons. The minimum Gasteiger partial charge on any atom is -0.389 e. The van der Waals surface area contributed by atoms with Gasteiger partial charge < -0.3 is 15.0 Å². The summed E-state index contributed by atoms with van der Waals surface area (Å²) in [5.41, 5.74) is 1.67. The van der Waals surface area contributed by atoms with Crippen LogP contribution in [0.3, 0.4) is 0 Å². The van der Waals surface area contributed by atoms with Gasteiger partial charge in [-0.3, -0.25) is 9.59 Å². The summed E-state index contributed by atoms with van der Waals surface area (Å²) in [5, 5.41) is 12.6. The number of fused-ring (bicyclic) bond motifs is 1. The first-order valence-corrected chi connectivity index (χ1v) is 7.70. The highest BCUT2D eigenvalue weighted by Crippen LogP contribution is 2.13. The van der Waals surface area contributed by atoms with E-state index >= 15 is 0 Å². The van der Waals surface area contributed by atoms with E-state index < -0.39 is 6.10 Å². The second-order valence-corrected chi connectivity index (χ2v) is 5.55. The highest BCUT2D eigenvalue weighted by Gasteiger charge is 2.11. The minimum atomic E-state index is -0.858. The molecule has 3 aromatic rings. The molecule has 0 fully saturated rings. The van der Waals surface area contributed by atoms with Gasteiger partial charge in [0.25, 0.3) is 11.5 Å². The van der Waals surface area contributed by atoms with E-state index in [1.54, 1.807) is 36.5 Å². The number of hydrogen-bond acceptors (Lipinski definition) is 6. The summed E-state index contributed by atoms with van der Waals surface area (Å²) >= 11 is 1.09. The molecule has 0 saturated heterocycles. The number of rotatable bonds is 5. The minimum absolute atomic E-state index is 0.0491. The first-order chi connectivity index (χ1) is 11.1. The summed E-state index contributed by atoms with van der Waals surface area (Å²) < 4.78 is 9.55. The molecule has 0 aliphatic rings. The smallest absolute Gasteiger partial charge is 0.251 e. The fraction of sp³-hybridized carbons (Fsp3) is 0.200. The Kier molecular flexibility index (Phi) is 4.45. The molecule has 7 nitrogen and oxygen atoms in total. The molecule has 1 unspecified atom stereocenters. The summed E-state index contributed by atoms with van der Waals surface area (Å²) in [5.74, 6) is -0.306. The van der Waals surface area contributed by atoms with E-state index in [1.807, 2.05) is 0 Å². The van der Waals surface area contributed by atoms with Gasteiger partial charge in [0.2, 0.25) is 0 Å². The van der Waals surface area contributed by atoms with E-state index in [-0.39, 0.29) is 24.6 Å². The maximum absolute atomic E-state index is 12.1. The van der Waals surface area contributed by atoms with Crippen LogP contribution in [0.1, 0.15) is 10.4 Å². The quantitative estimate of drug-likeness (QED) is 0.716. The zero-order chi connectivity index (χ0) is 16.2. The SMILES string of the molecule is O=C(NCC(O)Cn1ccccc1=O)c1ccc2nsnc2c1. The lowest BCUT2D eigenvalue weighted by Gasteiger charge is -2.13. The van der Waals surface area contributed by atoms with E-state index in [1.165, 1.54) is 10.6 Å². The second-order valence-electron chi connectivity index (χ2n) is 5.02. The monoisotopic (exact) mass is 330 g/mol. The fourth-order valence-corrected chi connectivity index (χ4v) is 2.66. The average Bonchev–Trinajstić information content (AvgIpc) is 3.02. The largest absolute Gasteiger partial charge is 0.389 e. The maximum Gasteiger partial charge on any atom is 0.251 e. The van der Waals surface area contributed by atoms with Crippen LogP contribution in [0.15, 0.2) is 47.4 Å². The van der Waals surface area contributed by atoms with Crippen LogP contribution < -0.4 is 10.9 Å². The Morgan fingerprint density at radius 3 is 2.91 bits per heavy atom. The first-order valence-electron chi connectivity index (χ1n) is 6.97. The molecule has 8 heteroatoms. The molecule has 2 heterocycles. The van der Waals surface area contributed by atoms with Gasteiger partial charge in [0, 0.05) is 24.4 Å². The molecule has 0 radical (unpaired) electrons. The standard InChI is InChI=1S/C15H14N4O3S/c20-11(9-19-6-2-1-3-14(19)21)8-16-15(22)10-4-5-12-13(7-10)18-23-17-12/h1-7,11,20H,8-9H2,(H,16,22). The van der Waals surface area contributed by atoms with Gasteiger partial charge in [-0.05, 0) is 24.3 Å². The lowest BCUT2D eigenvalue weighted by Crippen LogP contribution is -2.36. The predicted molar refractivity (Wildman–Crippen MR) is 86.5 cm³/mol. The van der Waals surface area contributed by atoms with Gasteiger partial charge in [0.05, 0.1) is 24.4 Å². The number of aliphatic hydroxyl groups excluding tert-OH is 1. The van der Waals surface area contributed by atoms with Crippen LogP contribution in [0.4, 0.5) is 0 Å². The van der Waals surface area contributed by atoms with Gasteiger partial charge in [-0.1, -0.05) is 6.07 Å². The van der Waals surface area contributed by atoms with Crippen molar-refractivity contribution in [2.45, 2.75) is 12.6 Å². The summed E-state index contributed by atoms with van der Waals surface area (Å²) in [4.78, 5) is 23.7. The van der Waals surface area contributed by atoms with Crippen LogP contribution in [0, 0.1) is 0 Å². The Bertz CT molecular complexity index is 889. The fourth-order valence-electron chi connectivity index (χ4n) is 2.14. The molecule has 1 atom stereocenters. The average molecular weight is 330 g/mol. The molecule has 2 N–H and O–H groups in total. The lowest BCUT2D eigenvalue weighted by atomic mass is 10.2. The third-order valence-corrected chi connectivity index (χ3v) is 3.88. The first kappa shape index (κ1) is 15.3. The van der Waals surface area contributed by atoms with Crippen molar-refractivity contribution in [3.63, 3.8) is 0 Å². The molecule has 1 amide bonds. The Hall–Kier alpha value is -2.58. The summed E-state index contributed by atoms with van der Waals surface area (Å²) in [7, 11) is 0. The van der Waals surface area contributed by atoms with Crippen molar-refractivity contribution in [1.82, 2.24) is 18.6 Å². The molecule has 0 aliphatic carbocycles. The molecule has 0 spiro atoms. The van der Waals surface area contributed by atoms with Crippen LogP contribution in [-0.4, -0.2) is 37.0 Å². The molecule has 2 aromatic heterocycles. The molecule has 0 bridgehead atoms. The zero-order valence-electron chi connectivity index (χ0n) is 12.0. The maximum atomic E-state index is 12.1. The summed E-state index contributed by atoms with van der Waals surface area (Å²) in [6.45, 7) is 0.169. The normalized spacial score (nSPS) is 12.2. The van der Waals surface area contributed by atoms with Crippen molar-refractivity contribution < 1.29 is 9.90 Å². The van der Waals surface area contributed by atoms with Crippen molar-refractivity contribution in [2.75, 3.05) is 6.54 Å². The van der Waals surface area contributed by atoms with E-state index in [0.29, 0.717) is 11.1 Å². The molecule has 1 aromatic carbocycles. The Morgan fingerprint density at radius 2 is 2.09 bits per heavy atom.